The summed E-state index contributed by atoms with van der Waals surface area (Å²) in [5.41, 5.74) is 1.38. The van der Waals surface area contributed by atoms with E-state index in [1.165, 1.54) is 16.9 Å². The van der Waals surface area contributed by atoms with E-state index in [0.29, 0.717) is 11.1 Å². The Morgan fingerprint density at radius 3 is 3.00 bits per heavy atom. The van der Waals surface area contributed by atoms with Crippen LogP contribution in [0.15, 0.2) is 0 Å². The van der Waals surface area contributed by atoms with Crippen LogP contribution >= 0.6 is 22.9 Å². The molecule has 2 aromatic rings. The maximum Gasteiger partial charge on any atom is 0.225 e. The molecular formula is C12H14ClN3S. The minimum Gasteiger partial charge on any atom is -0.357 e. The van der Waals surface area contributed by atoms with Gasteiger partial charge in [0, 0.05) is 11.9 Å². The maximum atomic E-state index is 6.27. The molecule has 1 aliphatic rings. The van der Waals surface area contributed by atoms with Gasteiger partial charge in [0.15, 0.2) is 0 Å². The molecule has 0 aromatic carbocycles. The molecule has 2 aromatic heterocycles. The molecule has 0 saturated heterocycles. The number of halogens is 1. The van der Waals surface area contributed by atoms with Crippen molar-refractivity contribution in [1.29, 1.82) is 0 Å². The number of nitrogens with one attached hydrogen (secondary N) is 1. The van der Waals surface area contributed by atoms with Crippen molar-refractivity contribution in [3.05, 3.63) is 15.6 Å². The highest BCUT2D eigenvalue weighted by molar-refractivity contribution is 7.19. The van der Waals surface area contributed by atoms with Crippen molar-refractivity contribution in [3.8, 4) is 0 Å². The van der Waals surface area contributed by atoms with Crippen molar-refractivity contribution >= 4 is 39.1 Å². The Kier molecular flexibility index (Phi) is 2.71. The molecule has 1 unspecified atom stereocenters. The molecule has 1 N–H and O–H groups in total. The number of anilines is 1. The molecule has 3 nitrogen and oxygen atoms in total. The Morgan fingerprint density at radius 2 is 2.24 bits per heavy atom. The molecular weight excluding hydrogens is 254 g/mol. The first kappa shape index (κ1) is 11.2. The Labute approximate surface area is 109 Å². The van der Waals surface area contributed by atoms with Crippen LogP contribution in [0.1, 0.15) is 23.8 Å². The average molecular weight is 268 g/mol. The Balaban J connectivity index is 2.24. The van der Waals surface area contributed by atoms with Gasteiger partial charge in [-0.1, -0.05) is 18.5 Å². The molecule has 0 saturated carbocycles. The molecule has 90 valence electrons. The van der Waals surface area contributed by atoms with Gasteiger partial charge >= 0.3 is 0 Å². The SMILES string of the molecule is CNc1nc(Cl)c2c3c(sc2n1)CC(C)CC3. The second kappa shape index (κ2) is 4.10. The molecule has 17 heavy (non-hydrogen) atoms. The normalized spacial score (nSPS) is 19.4. The van der Waals surface area contributed by atoms with Crippen LogP contribution in [0.3, 0.4) is 0 Å². The van der Waals surface area contributed by atoms with Gasteiger partial charge in [-0.25, -0.2) is 9.97 Å². The van der Waals surface area contributed by atoms with E-state index in [0.717, 1.165) is 29.0 Å². The van der Waals surface area contributed by atoms with Crippen LogP contribution in [-0.2, 0) is 12.8 Å². The number of fused-ring (bicyclic) bond motifs is 3. The standard InChI is InChI=1S/C12H14ClN3S/c1-6-3-4-7-8(5-6)17-11-9(7)10(13)15-12(14-2)16-11/h6H,3-5H2,1-2H3,(H,14,15,16). The molecule has 5 heteroatoms. The highest BCUT2D eigenvalue weighted by Gasteiger charge is 2.23. The number of rotatable bonds is 1. The molecule has 0 fully saturated rings. The van der Waals surface area contributed by atoms with Crippen LogP contribution in [0.4, 0.5) is 5.95 Å². The lowest BCUT2D eigenvalue weighted by Crippen LogP contribution is -2.08. The fraction of sp³-hybridized carbons (Fsp3) is 0.500. The van der Waals surface area contributed by atoms with E-state index in [1.54, 1.807) is 11.3 Å². The summed E-state index contributed by atoms with van der Waals surface area (Å²) in [6, 6.07) is 0. The van der Waals surface area contributed by atoms with Gasteiger partial charge in [-0.05, 0) is 30.7 Å². The lowest BCUT2D eigenvalue weighted by molar-refractivity contribution is 0.509. The molecule has 0 spiro atoms. The van der Waals surface area contributed by atoms with Crippen molar-refractivity contribution in [3.63, 3.8) is 0 Å². The van der Waals surface area contributed by atoms with Crippen molar-refractivity contribution in [2.75, 3.05) is 12.4 Å². The zero-order chi connectivity index (χ0) is 12.0. The third kappa shape index (κ3) is 1.79. The molecule has 1 aliphatic carbocycles. The second-order valence-corrected chi connectivity index (χ2v) is 6.06. The molecule has 0 amide bonds. The van der Waals surface area contributed by atoms with Crippen LogP contribution in [0, 0.1) is 5.92 Å². The Bertz CT molecular complexity index is 579. The van der Waals surface area contributed by atoms with E-state index >= 15 is 0 Å². The Hall–Kier alpha value is -0.870. The number of nitrogens with zero attached hydrogens (tertiary/aromatic N) is 2. The fourth-order valence-corrected chi connectivity index (χ4v) is 4.13. The third-order valence-corrected chi connectivity index (χ3v) is 4.76. The van der Waals surface area contributed by atoms with Crippen LogP contribution in [-0.4, -0.2) is 17.0 Å². The van der Waals surface area contributed by atoms with Gasteiger partial charge in [0.05, 0.1) is 5.39 Å². The van der Waals surface area contributed by atoms with Crippen molar-refractivity contribution < 1.29 is 0 Å². The predicted molar refractivity (Wildman–Crippen MR) is 73.2 cm³/mol. The van der Waals surface area contributed by atoms with Crippen LogP contribution in [0.2, 0.25) is 5.15 Å². The van der Waals surface area contributed by atoms with E-state index in [-0.39, 0.29) is 0 Å². The summed E-state index contributed by atoms with van der Waals surface area (Å²) in [4.78, 5) is 11.2. The molecule has 0 radical (unpaired) electrons. The van der Waals surface area contributed by atoms with E-state index in [4.69, 9.17) is 11.6 Å². The number of aromatic nitrogens is 2. The van der Waals surface area contributed by atoms with E-state index in [1.807, 2.05) is 7.05 Å². The van der Waals surface area contributed by atoms with Gasteiger partial charge in [0.1, 0.15) is 9.98 Å². The summed E-state index contributed by atoms with van der Waals surface area (Å²) in [6.45, 7) is 2.31. The highest BCUT2D eigenvalue weighted by atomic mass is 35.5. The third-order valence-electron chi connectivity index (χ3n) is 3.33. The van der Waals surface area contributed by atoms with Gasteiger partial charge in [-0.3, -0.25) is 0 Å². The zero-order valence-electron chi connectivity index (χ0n) is 9.88. The maximum absolute atomic E-state index is 6.27. The number of aryl methyl sites for hydroxylation is 1. The summed E-state index contributed by atoms with van der Waals surface area (Å²) in [5, 5.41) is 4.62. The number of thiophene rings is 1. The van der Waals surface area contributed by atoms with Gasteiger partial charge in [-0.15, -0.1) is 11.3 Å². The summed E-state index contributed by atoms with van der Waals surface area (Å²) in [6.07, 6.45) is 3.50. The molecule has 3 rings (SSSR count). The van der Waals surface area contributed by atoms with Gasteiger partial charge in [0.25, 0.3) is 0 Å². The zero-order valence-corrected chi connectivity index (χ0v) is 11.5. The first-order valence-electron chi connectivity index (χ1n) is 5.84. The quantitative estimate of drug-likeness (QED) is 0.804. The van der Waals surface area contributed by atoms with E-state index < -0.39 is 0 Å². The number of hydrogen-bond donors (Lipinski definition) is 1. The lowest BCUT2D eigenvalue weighted by atomic mass is 9.89. The van der Waals surface area contributed by atoms with Gasteiger partial charge in [-0.2, -0.15) is 0 Å². The Morgan fingerprint density at radius 1 is 1.41 bits per heavy atom. The minimum atomic E-state index is 0.589. The first-order valence-corrected chi connectivity index (χ1v) is 7.04. The predicted octanol–water partition coefficient (Wildman–Crippen LogP) is 3.51. The lowest BCUT2D eigenvalue weighted by Gasteiger charge is -2.17. The molecule has 0 aliphatic heterocycles. The van der Waals surface area contributed by atoms with Gasteiger partial charge in [0.2, 0.25) is 5.95 Å². The summed E-state index contributed by atoms with van der Waals surface area (Å²) in [7, 11) is 1.81. The van der Waals surface area contributed by atoms with Crippen molar-refractivity contribution in [2.24, 2.45) is 5.92 Å². The summed E-state index contributed by atoms with van der Waals surface area (Å²) in [5.74, 6) is 1.38. The first-order chi connectivity index (χ1) is 8.19. The molecule has 0 bridgehead atoms. The topological polar surface area (TPSA) is 37.8 Å². The second-order valence-electron chi connectivity index (χ2n) is 4.62. The molecule has 2 heterocycles. The smallest absolute Gasteiger partial charge is 0.225 e. The van der Waals surface area contributed by atoms with Crippen molar-refractivity contribution in [2.45, 2.75) is 26.2 Å². The van der Waals surface area contributed by atoms with Crippen LogP contribution in [0.5, 0.6) is 0 Å². The largest absolute Gasteiger partial charge is 0.357 e. The monoisotopic (exact) mass is 267 g/mol. The van der Waals surface area contributed by atoms with E-state index in [9.17, 15) is 0 Å². The van der Waals surface area contributed by atoms with Crippen LogP contribution < -0.4 is 5.32 Å². The van der Waals surface area contributed by atoms with Gasteiger partial charge < -0.3 is 5.32 Å². The minimum absolute atomic E-state index is 0.589. The van der Waals surface area contributed by atoms with Crippen molar-refractivity contribution in [1.82, 2.24) is 9.97 Å². The highest BCUT2D eigenvalue weighted by Crippen LogP contribution is 2.40. The summed E-state index contributed by atoms with van der Waals surface area (Å²) < 4.78 is 0. The summed E-state index contributed by atoms with van der Waals surface area (Å²) >= 11 is 8.04. The molecule has 1 atom stereocenters. The fourth-order valence-electron chi connectivity index (χ4n) is 2.41. The average Bonchev–Trinajstić information content (AvgIpc) is 2.66. The van der Waals surface area contributed by atoms with Crippen LogP contribution in [0.25, 0.3) is 10.2 Å². The van der Waals surface area contributed by atoms with E-state index in [2.05, 4.69) is 22.2 Å². The number of hydrogen-bond acceptors (Lipinski definition) is 4.